The predicted molar refractivity (Wildman–Crippen MR) is 159 cm³/mol. The largest absolute Gasteiger partial charge is 0.497 e. The molecular formula is C28H30Cl3N3O5S. The molecular weight excluding hydrogens is 597 g/mol. The fraction of sp³-hybridized carbons (Fsp3) is 0.286. The maximum atomic E-state index is 13.9. The van der Waals surface area contributed by atoms with Crippen LogP contribution in [0.2, 0.25) is 15.1 Å². The second kappa shape index (κ2) is 13.6. The van der Waals surface area contributed by atoms with Crippen LogP contribution in [0.25, 0.3) is 0 Å². The number of carbonyl (C=O) groups is 2. The van der Waals surface area contributed by atoms with Gasteiger partial charge in [0.2, 0.25) is 11.8 Å². The molecule has 0 aliphatic rings. The highest BCUT2D eigenvalue weighted by Crippen LogP contribution is 2.28. The number of carbonyl (C=O) groups excluding carboxylic acids is 2. The third kappa shape index (κ3) is 7.81. The third-order valence-electron chi connectivity index (χ3n) is 5.99. The quantitative estimate of drug-likeness (QED) is 0.291. The topological polar surface area (TPSA) is 96.0 Å². The number of anilines is 1. The van der Waals surface area contributed by atoms with Gasteiger partial charge in [-0.2, -0.15) is 0 Å². The summed E-state index contributed by atoms with van der Waals surface area (Å²) in [6, 6.07) is 15.6. The highest BCUT2D eigenvalue weighted by atomic mass is 35.5. The average molecular weight is 627 g/mol. The van der Waals surface area contributed by atoms with Gasteiger partial charge in [0, 0.05) is 27.7 Å². The maximum Gasteiger partial charge on any atom is 0.264 e. The number of hydrogen-bond donors (Lipinski definition) is 1. The number of ether oxygens (including phenoxy) is 1. The lowest BCUT2D eigenvalue weighted by Crippen LogP contribution is -2.52. The Morgan fingerprint density at radius 3 is 2.05 bits per heavy atom. The molecule has 3 rings (SSSR count). The Morgan fingerprint density at radius 1 is 0.900 bits per heavy atom. The third-order valence-corrected chi connectivity index (χ3v) is 8.62. The van der Waals surface area contributed by atoms with E-state index in [1.165, 1.54) is 66.6 Å². The molecule has 0 radical (unpaired) electrons. The van der Waals surface area contributed by atoms with Crippen molar-refractivity contribution in [1.29, 1.82) is 0 Å². The Labute approximate surface area is 249 Å². The molecule has 1 atom stereocenters. The number of nitrogens with one attached hydrogen (secondary N) is 1. The Morgan fingerprint density at radius 2 is 1.50 bits per heavy atom. The number of hydrogen-bond acceptors (Lipinski definition) is 5. The Balaban J connectivity index is 2.05. The molecule has 0 aromatic heterocycles. The monoisotopic (exact) mass is 625 g/mol. The second-order valence-corrected chi connectivity index (χ2v) is 12.4. The summed E-state index contributed by atoms with van der Waals surface area (Å²) in [6.45, 7) is 4.52. The molecule has 0 aliphatic heterocycles. The molecule has 0 spiro atoms. The molecule has 1 N–H and O–H groups in total. The van der Waals surface area contributed by atoms with Crippen LogP contribution in [0.4, 0.5) is 5.69 Å². The Kier molecular flexibility index (Phi) is 10.7. The number of halogens is 3. The van der Waals surface area contributed by atoms with Crippen LogP contribution < -0.4 is 14.4 Å². The van der Waals surface area contributed by atoms with Gasteiger partial charge in [-0.1, -0.05) is 40.9 Å². The number of amides is 2. The van der Waals surface area contributed by atoms with Gasteiger partial charge in [-0.05, 0) is 87.0 Å². The number of rotatable bonds is 11. The van der Waals surface area contributed by atoms with Crippen LogP contribution in [-0.4, -0.2) is 50.9 Å². The molecule has 40 heavy (non-hydrogen) atoms. The molecule has 0 aliphatic carbocycles. The van der Waals surface area contributed by atoms with Crippen LogP contribution in [0.15, 0.2) is 71.6 Å². The van der Waals surface area contributed by atoms with E-state index in [2.05, 4.69) is 5.32 Å². The van der Waals surface area contributed by atoms with E-state index < -0.39 is 34.4 Å². The summed E-state index contributed by atoms with van der Waals surface area (Å²) >= 11 is 18.5. The molecule has 3 aromatic rings. The summed E-state index contributed by atoms with van der Waals surface area (Å²) in [5.74, 6) is -0.543. The van der Waals surface area contributed by atoms with Crippen LogP contribution in [0.3, 0.4) is 0 Å². The van der Waals surface area contributed by atoms with Crippen LogP contribution in [0.5, 0.6) is 5.75 Å². The molecule has 214 valence electrons. The Bertz CT molecular complexity index is 1450. The van der Waals surface area contributed by atoms with Crippen molar-refractivity contribution in [3.8, 4) is 5.75 Å². The lowest BCUT2D eigenvalue weighted by molar-refractivity contribution is -0.139. The van der Waals surface area contributed by atoms with Gasteiger partial charge >= 0.3 is 0 Å². The fourth-order valence-electron chi connectivity index (χ4n) is 3.83. The zero-order chi connectivity index (χ0) is 29.6. The van der Waals surface area contributed by atoms with Gasteiger partial charge in [0.05, 0.1) is 17.7 Å². The van der Waals surface area contributed by atoms with E-state index in [-0.39, 0.29) is 23.2 Å². The first-order valence-electron chi connectivity index (χ1n) is 12.3. The number of nitrogens with zero attached hydrogens (tertiary/aromatic N) is 2. The Hall–Kier alpha value is -2.98. The fourth-order valence-corrected chi connectivity index (χ4v) is 5.84. The van der Waals surface area contributed by atoms with Gasteiger partial charge in [0.15, 0.2) is 0 Å². The molecule has 0 bridgehead atoms. The van der Waals surface area contributed by atoms with Gasteiger partial charge in [0.1, 0.15) is 18.3 Å². The summed E-state index contributed by atoms with van der Waals surface area (Å²) in [5.41, 5.74) is 0.761. The lowest BCUT2D eigenvalue weighted by atomic mass is 10.1. The van der Waals surface area contributed by atoms with E-state index in [4.69, 9.17) is 39.5 Å². The van der Waals surface area contributed by atoms with Crippen molar-refractivity contribution in [3.63, 3.8) is 0 Å². The minimum absolute atomic E-state index is 0.0473. The van der Waals surface area contributed by atoms with Gasteiger partial charge in [-0.25, -0.2) is 8.42 Å². The van der Waals surface area contributed by atoms with Crippen LogP contribution >= 0.6 is 34.8 Å². The molecule has 3 aromatic carbocycles. The van der Waals surface area contributed by atoms with E-state index in [0.29, 0.717) is 26.4 Å². The van der Waals surface area contributed by atoms with Crippen LogP contribution in [-0.2, 0) is 26.2 Å². The highest BCUT2D eigenvalue weighted by molar-refractivity contribution is 7.92. The van der Waals surface area contributed by atoms with E-state index in [0.717, 1.165) is 4.31 Å². The highest BCUT2D eigenvalue weighted by Gasteiger charge is 2.33. The van der Waals surface area contributed by atoms with Crippen LogP contribution in [0.1, 0.15) is 26.3 Å². The second-order valence-electron chi connectivity index (χ2n) is 9.26. The van der Waals surface area contributed by atoms with Gasteiger partial charge < -0.3 is 15.0 Å². The minimum atomic E-state index is -4.23. The molecule has 0 unspecified atom stereocenters. The maximum absolute atomic E-state index is 13.9. The van der Waals surface area contributed by atoms with E-state index in [1.807, 2.05) is 0 Å². The molecule has 8 nitrogen and oxygen atoms in total. The summed E-state index contributed by atoms with van der Waals surface area (Å²) in [4.78, 5) is 28.1. The van der Waals surface area contributed by atoms with Gasteiger partial charge in [-0.3, -0.25) is 13.9 Å². The number of benzene rings is 3. The molecule has 0 saturated heterocycles. The first-order chi connectivity index (χ1) is 18.8. The molecule has 0 fully saturated rings. The van der Waals surface area contributed by atoms with Crippen molar-refractivity contribution in [2.24, 2.45) is 0 Å². The zero-order valence-electron chi connectivity index (χ0n) is 22.4. The van der Waals surface area contributed by atoms with Crippen molar-refractivity contribution in [2.45, 2.75) is 44.3 Å². The average Bonchev–Trinajstić information content (AvgIpc) is 2.91. The molecule has 0 heterocycles. The summed E-state index contributed by atoms with van der Waals surface area (Å²) in [6.07, 6.45) is 0. The lowest BCUT2D eigenvalue weighted by Gasteiger charge is -2.32. The minimum Gasteiger partial charge on any atom is -0.497 e. The first-order valence-corrected chi connectivity index (χ1v) is 14.9. The standard InChI is InChI=1S/C28H30Cl3N3O5S/c1-18(2)32-28(36)19(3)33(16-20-5-6-22(30)15-26(20)31)27(35)17-34(23-9-7-21(29)8-10-23)40(37,38)25-13-11-24(39-4)12-14-25/h5-15,18-19H,16-17H2,1-4H3,(H,32,36)/t19-/m0/s1. The summed E-state index contributed by atoms with van der Waals surface area (Å²) < 4.78 is 33.8. The smallest absolute Gasteiger partial charge is 0.264 e. The van der Waals surface area contributed by atoms with E-state index in [9.17, 15) is 18.0 Å². The van der Waals surface area contributed by atoms with Crippen molar-refractivity contribution in [1.82, 2.24) is 10.2 Å². The molecule has 2 amide bonds. The first kappa shape index (κ1) is 31.5. The number of methoxy groups -OCH3 is 1. The SMILES string of the molecule is COc1ccc(S(=O)(=O)N(CC(=O)N(Cc2ccc(Cl)cc2Cl)[C@@H](C)C(=O)NC(C)C)c2ccc(Cl)cc2)cc1. The zero-order valence-corrected chi connectivity index (χ0v) is 25.5. The van der Waals surface area contributed by atoms with Crippen molar-refractivity contribution < 1.29 is 22.7 Å². The van der Waals surface area contributed by atoms with Gasteiger partial charge in [0.25, 0.3) is 10.0 Å². The normalized spacial score (nSPS) is 12.1. The summed E-state index contributed by atoms with van der Waals surface area (Å²) in [7, 11) is -2.76. The van der Waals surface area contributed by atoms with E-state index in [1.54, 1.807) is 32.9 Å². The van der Waals surface area contributed by atoms with E-state index >= 15 is 0 Å². The van der Waals surface area contributed by atoms with Crippen LogP contribution in [0, 0.1) is 0 Å². The molecule has 0 saturated carbocycles. The van der Waals surface area contributed by atoms with Crippen molar-refractivity contribution in [3.05, 3.63) is 87.4 Å². The number of sulfonamides is 1. The predicted octanol–water partition coefficient (Wildman–Crippen LogP) is 5.79. The van der Waals surface area contributed by atoms with Crippen molar-refractivity contribution >= 4 is 62.3 Å². The summed E-state index contributed by atoms with van der Waals surface area (Å²) in [5, 5.41) is 3.92. The van der Waals surface area contributed by atoms with Gasteiger partial charge in [-0.15, -0.1) is 0 Å². The van der Waals surface area contributed by atoms with Crippen molar-refractivity contribution in [2.75, 3.05) is 18.0 Å². The molecule has 12 heteroatoms.